The molecule has 6 atom stereocenters. The quantitative estimate of drug-likeness (QED) is 0.690. The minimum absolute atomic E-state index is 0.0196. The summed E-state index contributed by atoms with van der Waals surface area (Å²) in [5, 5.41) is -0.236. The molecule has 0 aromatic rings. The highest BCUT2D eigenvalue weighted by molar-refractivity contribution is 7.91. The van der Waals surface area contributed by atoms with Crippen molar-refractivity contribution in [2.75, 3.05) is 19.4 Å². The fourth-order valence-corrected chi connectivity index (χ4v) is 7.23. The first-order valence-corrected chi connectivity index (χ1v) is 13.0. The van der Waals surface area contributed by atoms with E-state index in [0.717, 1.165) is 44.9 Å². The molecule has 1 saturated heterocycles. The molecule has 7 nitrogen and oxygen atoms in total. The van der Waals surface area contributed by atoms with Gasteiger partial charge in [-0.2, -0.15) is 0 Å². The number of carbonyl (C=O) groups excluding carboxylic acids is 2. The predicted octanol–water partition coefficient (Wildman–Crippen LogP) is 2.84. The number of amides is 2. The average molecular weight is 429 g/mol. The zero-order chi connectivity index (χ0) is 21.3. The van der Waals surface area contributed by atoms with Crippen molar-refractivity contribution in [1.82, 2.24) is 9.80 Å². The lowest BCUT2D eigenvalue weighted by molar-refractivity contribution is -0.142. The Balaban J connectivity index is 1.79. The number of carbonyl (C=O) groups is 2. The summed E-state index contributed by atoms with van der Waals surface area (Å²) in [6.07, 6.45) is 7.21. The van der Waals surface area contributed by atoms with E-state index in [1.807, 2.05) is 23.6 Å². The van der Waals surface area contributed by atoms with Crippen molar-refractivity contribution in [3.63, 3.8) is 0 Å². The topological polar surface area (TPSA) is 84.0 Å². The third-order valence-electron chi connectivity index (χ3n) is 7.32. The van der Waals surface area contributed by atoms with Gasteiger partial charge in [0.1, 0.15) is 9.84 Å². The van der Waals surface area contributed by atoms with Crippen molar-refractivity contribution in [1.29, 1.82) is 0 Å². The maximum absolute atomic E-state index is 12.7. The SMILES string of the molecule is CCOC(=O)N1C[C@H](C)N(C(C)=O)C2CCC(C3CCCC(S(C)(=O)=O)C3)CC21. The zero-order valence-corrected chi connectivity index (χ0v) is 19.0. The van der Waals surface area contributed by atoms with Crippen LogP contribution in [-0.4, -0.2) is 73.0 Å². The molecule has 8 heteroatoms. The first-order valence-electron chi connectivity index (χ1n) is 11.0. The van der Waals surface area contributed by atoms with E-state index < -0.39 is 9.84 Å². The maximum atomic E-state index is 12.7. The maximum Gasteiger partial charge on any atom is 0.410 e. The van der Waals surface area contributed by atoms with E-state index in [1.165, 1.54) is 6.26 Å². The first-order chi connectivity index (χ1) is 13.6. The molecule has 166 valence electrons. The van der Waals surface area contributed by atoms with Crippen molar-refractivity contribution in [3.8, 4) is 0 Å². The number of rotatable bonds is 3. The van der Waals surface area contributed by atoms with Gasteiger partial charge in [0.25, 0.3) is 0 Å². The molecule has 0 radical (unpaired) electrons. The lowest BCUT2D eigenvalue weighted by Crippen LogP contribution is -2.67. The molecule has 2 aliphatic carbocycles. The molecule has 0 N–H and O–H groups in total. The number of nitrogens with zero attached hydrogens (tertiary/aromatic N) is 2. The molecular formula is C21H36N2O5S. The summed E-state index contributed by atoms with van der Waals surface area (Å²) in [4.78, 5) is 28.8. The monoisotopic (exact) mass is 428 g/mol. The molecule has 2 amide bonds. The molecule has 2 saturated carbocycles. The van der Waals surface area contributed by atoms with Gasteiger partial charge in [-0.3, -0.25) is 4.79 Å². The van der Waals surface area contributed by atoms with Crippen molar-refractivity contribution < 1.29 is 22.7 Å². The Morgan fingerprint density at radius 1 is 1.03 bits per heavy atom. The molecular weight excluding hydrogens is 392 g/mol. The number of hydrogen-bond donors (Lipinski definition) is 0. The van der Waals surface area contributed by atoms with Gasteiger partial charge >= 0.3 is 6.09 Å². The van der Waals surface area contributed by atoms with E-state index in [-0.39, 0.29) is 35.4 Å². The third kappa shape index (κ3) is 4.72. The number of sulfone groups is 1. The Labute approximate surface area is 175 Å². The van der Waals surface area contributed by atoms with E-state index in [4.69, 9.17) is 4.74 Å². The zero-order valence-electron chi connectivity index (χ0n) is 18.2. The van der Waals surface area contributed by atoms with Crippen LogP contribution in [0.4, 0.5) is 4.79 Å². The van der Waals surface area contributed by atoms with Crippen LogP contribution in [0.3, 0.4) is 0 Å². The highest BCUT2D eigenvalue weighted by atomic mass is 32.2. The van der Waals surface area contributed by atoms with Crippen LogP contribution in [0, 0.1) is 11.8 Å². The molecule has 1 aliphatic heterocycles. The van der Waals surface area contributed by atoms with Gasteiger partial charge < -0.3 is 14.5 Å². The Morgan fingerprint density at radius 2 is 1.72 bits per heavy atom. The third-order valence-corrected chi connectivity index (χ3v) is 8.96. The van der Waals surface area contributed by atoms with Gasteiger partial charge in [-0.1, -0.05) is 12.8 Å². The van der Waals surface area contributed by atoms with Crippen LogP contribution in [0.15, 0.2) is 0 Å². The van der Waals surface area contributed by atoms with Crippen molar-refractivity contribution in [2.24, 2.45) is 11.8 Å². The highest BCUT2D eigenvalue weighted by Crippen LogP contribution is 2.43. The molecule has 0 aromatic heterocycles. The minimum atomic E-state index is -3.02. The molecule has 3 fully saturated rings. The van der Waals surface area contributed by atoms with Gasteiger partial charge in [0.05, 0.1) is 23.9 Å². The van der Waals surface area contributed by atoms with Gasteiger partial charge in [0.15, 0.2) is 0 Å². The van der Waals surface area contributed by atoms with Crippen molar-refractivity contribution in [2.45, 2.75) is 89.1 Å². The number of ether oxygens (including phenoxy) is 1. The van der Waals surface area contributed by atoms with E-state index >= 15 is 0 Å². The summed E-state index contributed by atoms with van der Waals surface area (Å²) < 4.78 is 29.5. The Morgan fingerprint density at radius 3 is 2.34 bits per heavy atom. The summed E-state index contributed by atoms with van der Waals surface area (Å²) >= 11 is 0. The predicted molar refractivity (Wildman–Crippen MR) is 111 cm³/mol. The molecule has 5 unspecified atom stereocenters. The molecule has 1 heterocycles. The van der Waals surface area contributed by atoms with Crippen LogP contribution in [0.2, 0.25) is 0 Å². The fourth-order valence-electron chi connectivity index (χ4n) is 6.04. The lowest BCUT2D eigenvalue weighted by atomic mass is 9.69. The molecule has 0 spiro atoms. The Hall–Kier alpha value is -1.31. The minimum Gasteiger partial charge on any atom is -0.450 e. The molecule has 3 aliphatic rings. The molecule has 29 heavy (non-hydrogen) atoms. The van der Waals surface area contributed by atoms with E-state index in [0.29, 0.717) is 25.0 Å². The van der Waals surface area contributed by atoms with Crippen LogP contribution in [0.25, 0.3) is 0 Å². The molecule has 0 bridgehead atoms. The second-order valence-corrected chi connectivity index (χ2v) is 11.5. The highest BCUT2D eigenvalue weighted by Gasteiger charge is 2.48. The standard InChI is InChI=1S/C21H36N2O5S/c1-5-28-21(25)22-13-14(2)23(15(3)24)19-10-9-17(12-20(19)22)16-7-6-8-18(11-16)29(4,26)27/h14,16-20H,5-13H2,1-4H3/t14-,16?,17?,18?,19?,20?/m0/s1. The number of hydrogen-bond acceptors (Lipinski definition) is 5. The van der Waals surface area contributed by atoms with Crippen molar-refractivity contribution >= 4 is 21.8 Å². The van der Waals surface area contributed by atoms with Crippen LogP contribution in [-0.2, 0) is 19.4 Å². The number of piperazine rings is 1. The summed E-state index contributed by atoms with van der Waals surface area (Å²) in [5.74, 6) is 0.822. The lowest BCUT2D eigenvalue weighted by Gasteiger charge is -2.54. The largest absolute Gasteiger partial charge is 0.450 e. The summed E-state index contributed by atoms with van der Waals surface area (Å²) in [7, 11) is -3.02. The Kier molecular flexibility index (Phi) is 6.81. The Bertz CT molecular complexity index is 725. The van der Waals surface area contributed by atoms with Gasteiger partial charge in [-0.15, -0.1) is 0 Å². The number of fused-ring (bicyclic) bond motifs is 1. The summed E-state index contributed by atoms with van der Waals surface area (Å²) in [6.45, 7) is 6.23. The molecule has 0 aromatic carbocycles. The second-order valence-electron chi connectivity index (χ2n) is 9.21. The van der Waals surface area contributed by atoms with Crippen LogP contribution < -0.4 is 0 Å². The first kappa shape index (κ1) is 22.4. The van der Waals surface area contributed by atoms with E-state index in [2.05, 4.69) is 0 Å². The van der Waals surface area contributed by atoms with Crippen LogP contribution in [0.5, 0.6) is 0 Å². The van der Waals surface area contributed by atoms with Crippen LogP contribution >= 0.6 is 0 Å². The summed E-state index contributed by atoms with van der Waals surface area (Å²) in [6, 6.07) is -0.0586. The van der Waals surface area contributed by atoms with E-state index in [1.54, 1.807) is 6.92 Å². The van der Waals surface area contributed by atoms with Gasteiger partial charge in [0.2, 0.25) is 5.91 Å². The smallest absolute Gasteiger partial charge is 0.410 e. The van der Waals surface area contributed by atoms with Crippen molar-refractivity contribution in [3.05, 3.63) is 0 Å². The van der Waals surface area contributed by atoms with Crippen LogP contribution in [0.1, 0.15) is 65.7 Å². The fraction of sp³-hybridized carbons (Fsp3) is 0.905. The van der Waals surface area contributed by atoms with Gasteiger partial charge in [-0.05, 0) is 57.8 Å². The van der Waals surface area contributed by atoms with Gasteiger partial charge in [-0.25, -0.2) is 13.2 Å². The summed E-state index contributed by atoms with van der Waals surface area (Å²) in [5.41, 5.74) is 0. The second kappa shape index (κ2) is 8.82. The average Bonchev–Trinajstić information content (AvgIpc) is 2.66. The normalized spacial score (nSPS) is 35.7. The molecule has 3 rings (SSSR count). The van der Waals surface area contributed by atoms with Gasteiger partial charge in [0, 0.05) is 25.8 Å². The van der Waals surface area contributed by atoms with E-state index in [9.17, 15) is 18.0 Å².